The molecule has 0 saturated carbocycles. The van der Waals surface area contributed by atoms with E-state index in [0.717, 1.165) is 43.6 Å². The maximum Gasteiger partial charge on any atom is 0.236 e. The number of rotatable bonds is 12. The van der Waals surface area contributed by atoms with Crippen LogP contribution in [-0.4, -0.2) is 72.4 Å². The van der Waals surface area contributed by atoms with E-state index < -0.39 is 17.5 Å². The molecule has 2 heterocycles. The number of nitrogens with zero attached hydrogens (tertiary/aromatic N) is 4. The molecule has 1 aromatic heterocycles. The Bertz CT molecular complexity index is 1320. The highest BCUT2D eigenvalue weighted by molar-refractivity contribution is 5.79. The van der Waals surface area contributed by atoms with Gasteiger partial charge < -0.3 is 26.2 Å². The summed E-state index contributed by atoms with van der Waals surface area (Å²) in [6, 6.07) is 13.0. The molecule has 218 valence electrons. The first-order valence-electron chi connectivity index (χ1n) is 13.8. The van der Waals surface area contributed by atoms with Gasteiger partial charge in [-0.1, -0.05) is 13.8 Å². The van der Waals surface area contributed by atoms with Gasteiger partial charge in [-0.25, -0.2) is 13.8 Å². The van der Waals surface area contributed by atoms with E-state index >= 15 is 0 Å². The van der Waals surface area contributed by atoms with Gasteiger partial charge in [0.2, 0.25) is 11.8 Å². The average Bonchev–Trinajstić information content (AvgIpc) is 2.95. The normalized spacial score (nSPS) is 13.4. The predicted molar refractivity (Wildman–Crippen MR) is 157 cm³/mol. The first-order chi connectivity index (χ1) is 19.7. The molecule has 1 saturated heterocycles. The molecule has 0 spiro atoms. The Balaban J connectivity index is 1.38. The molecule has 2 amide bonds. The standard InChI is InChI=1S/C30H37F2N7O2/c1-3-37(4-2)20-30(41)39-11-9-38(10-12-39)26-7-5-25(6-8-26)36-29-17-27(22(19-35-29)15-28(33)40)34-18-21-13-23(31)16-24(32)14-21/h5-8,13-14,16-17,19H,3-4,9-12,15,18,20H2,1-2H3,(H2,33,40)(H2,34,35,36). The molecule has 0 aliphatic carbocycles. The van der Waals surface area contributed by atoms with Gasteiger partial charge in [-0.2, -0.15) is 0 Å². The van der Waals surface area contributed by atoms with Gasteiger partial charge in [0.05, 0.1) is 13.0 Å². The quantitative estimate of drug-likeness (QED) is 0.307. The number of carbonyl (C=O) groups excluding carboxylic acids is 2. The number of anilines is 4. The summed E-state index contributed by atoms with van der Waals surface area (Å²) >= 11 is 0. The van der Waals surface area contributed by atoms with Crippen LogP contribution in [0.15, 0.2) is 54.7 Å². The molecule has 3 aromatic rings. The number of piperazine rings is 1. The van der Waals surface area contributed by atoms with Crippen LogP contribution in [0.2, 0.25) is 0 Å². The molecule has 41 heavy (non-hydrogen) atoms. The minimum atomic E-state index is -0.662. The largest absolute Gasteiger partial charge is 0.381 e. The molecule has 0 atom stereocenters. The first kappa shape index (κ1) is 29.7. The van der Waals surface area contributed by atoms with Crippen LogP contribution in [0, 0.1) is 11.6 Å². The number of likely N-dealkylation sites (N-methyl/N-ethyl adjacent to an activating group) is 1. The van der Waals surface area contributed by atoms with Crippen molar-refractivity contribution >= 4 is 34.7 Å². The lowest BCUT2D eigenvalue weighted by molar-refractivity contribution is -0.132. The molecule has 0 radical (unpaired) electrons. The molecule has 4 N–H and O–H groups in total. The summed E-state index contributed by atoms with van der Waals surface area (Å²) in [5, 5.41) is 6.40. The van der Waals surface area contributed by atoms with E-state index in [1.54, 1.807) is 12.3 Å². The minimum absolute atomic E-state index is 0.0316. The van der Waals surface area contributed by atoms with Crippen molar-refractivity contribution in [2.45, 2.75) is 26.8 Å². The maximum absolute atomic E-state index is 13.6. The molecule has 1 fully saturated rings. The highest BCUT2D eigenvalue weighted by atomic mass is 19.1. The number of halogens is 2. The number of nitrogens with one attached hydrogen (secondary N) is 2. The van der Waals surface area contributed by atoms with E-state index in [9.17, 15) is 18.4 Å². The van der Waals surface area contributed by atoms with Crippen LogP contribution in [0.4, 0.5) is 31.7 Å². The van der Waals surface area contributed by atoms with Gasteiger partial charge >= 0.3 is 0 Å². The Labute approximate surface area is 239 Å². The van der Waals surface area contributed by atoms with E-state index in [4.69, 9.17) is 5.73 Å². The van der Waals surface area contributed by atoms with Gasteiger partial charge in [0.15, 0.2) is 0 Å². The lowest BCUT2D eigenvalue weighted by Gasteiger charge is -2.37. The van der Waals surface area contributed by atoms with Crippen molar-refractivity contribution in [3.05, 3.63) is 77.5 Å². The summed E-state index contributed by atoms with van der Waals surface area (Å²) in [5.74, 6) is -1.13. The summed E-state index contributed by atoms with van der Waals surface area (Å²) in [4.78, 5) is 34.9. The molecule has 1 aliphatic rings. The highest BCUT2D eigenvalue weighted by Gasteiger charge is 2.22. The van der Waals surface area contributed by atoms with Gasteiger partial charge in [0, 0.05) is 73.7 Å². The van der Waals surface area contributed by atoms with Crippen molar-refractivity contribution in [1.29, 1.82) is 0 Å². The fourth-order valence-electron chi connectivity index (χ4n) is 4.81. The number of amides is 2. The molecule has 0 bridgehead atoms. The fourth-order valence-corrected chi connectivity index (χ4v) is 4.81. The van der Waals surface area contributed by atoms with Gasteiger partial charge in [0.1, 0.15) is 17.5 Å². The molecular formula is C30H37F2N7O2. The topological polar surface area (TPSA) is 107 Å². The number of hydrogen-bond donors (Lipinski definition) is 3. The Morgan fingerprint density at radius 2 is 1.63 bits per heavy atom. The van der Waals surface area contributed by atoms with Crippen LogP contribution < -0.4 is 21.3 Å². The van der Waals surface area contributed by atoms with Crippen LogP contribution in [0.5, 0.6) is 0 Å². The van der Waals surface area contributed by atoms with Crippen molar-refractivity contribution < 1.29 is 18.4 Å². The summed E-state index contributed by atoms with van der Waals surface area (Å²) in [6.45, 7) is 9.40. The summed E-state index contributed by atoms with van der Waals surface area (Å²) < 4.78 is 27.2. The molecule has 1 aliphatic heterocycles. The second kappa shape index (κ2) is 13.9. The van der Waals surface area contributed by atoms with Gasteiger partial charge in [0.25, 0.3) is 0 Å². The van der Waals surface area contributed by atoms with Gasteiger partial charge in [-0.15, -0.1) is 0 Å². The van der Waals surface area contributed by atoms with Crippen molar-refractivity contribution in [3.63, 3.8) is 0 Å². The lowest BCUT2D eigenvalue weighted by Crippen LogP contribution is -2.51. The second-order valence-corrected chi connectivity index (χ2v) is 10.0. The zero-order chi connectivity index (χ0) is 29.4. The predicted octanol–water partition coefficient (Wildman–Crippen LogP) is 3.73. The van der Waals surface area contributed by atoms with Crippen molar-refractivity contribution in [2.24, 2.45) is 5.73 Å². The average molecular weight is 566 g/mol. The van der Waals surface area contributed by atoms with Gasteiger partial charge in [-0.3, -0.25) is 14.5 Å². The number of aromatic nitrogens is 1. The van der Waals surface area contributed by atoms with E-state index in [2.05, 4.69) is 39.3 Å². The number of pyridine rings is 1. The minimum Gasteiger partial charge on any atom is -0.381 e. The number of primary amides is 1. The third-order valence-electron chi connectivity index (χ3n) is 7.15. The van der Waals surface area contributed by atoms with E-state index in [-0.39, 0.29) is 18.9 Å². The summed E-state index contributed by atoms with van der Waals surface area (Å²) in [6.07, 6.45) is 1.52. The molecule has 4 rings (SSSR count). The lowest BCUT2D eigenvalue weighted by atomic mass is 10.1. The Morgan fingerprint density at radius 3 is 2.24 bits per heavy atom. The van der Waals surface area contributed by atoms with E-state index in [1.165, 1.54) is 12.1 Å². The molecule has 11 heteroatoms. The molecule has 9 nitrogen and oxygen atoms in total. The van der Waals surface area contributed by atoms with Crippen LogP contribution in [-0.2, 0) is 22.6 Å². The maximum atomic E-state index is 13.6. The second-order valence-electron chi connectivity index (χ2n) is 10.0. The highest BCUT2D eigenvalue weighted by Crippen LogP contribution is 2.25. The number of hydrogen-bond acceptors (Lipinski definition) is 7. The molecule has 2 aromatic carbocycles. The summed E-state index contributed by atoms with van der Waals surface area (Å²) in [7, 11) is 0. The smallest absolute Gasteiger partial charge is 0.236 e. The first-order valence-corrected chi connectivity index (χ1v) is 13.8. The Hall–Kier alpha value is -4.25. The van der Waals surface area contributed by atoms with Crippen LogP contribution >= 0.6 is 0 Å². The van der Waals surface area contributed by atoms with Crippen molar-refractivity contribution in [1.82, 2.24) is 14.8 Å². The molecule has 0 unspecified atom stereocenters. The Kier molecular flexibility index (Phi) is 10.1. The third-order valence-corrected chi connectivity index (χ3v) is 7.15. The van der Waals surface area contributed by atoms with Crippen molar-refractivity contribution in [3.8, 4) is 0 Å². The van der Waals surface area contributed by atoms with Crippen LogP contribution in [0.3, 0.4) is 0 Å². The number of carbonyl (C=O) groups is 2. The zero-order valence-corrected chi connectivity index (χ0v) is 23.5. The van der Waals surface area contributed by atoms with Crippen molar-refractivity contribution in [2.75, 3.05) is 61.3 Å². The van der Waals surface area contributed by atoms with Crippen LogP contribution in [0.1, 0.15) is 25.0 Å². The molecular weight excluding hydrogens is 528 g/mol. The van der Waals surface area contributed by atoms with E-state index in [0.29, 0.717) is 42.3 Å². The Morgan fingerprint density at radius 1 is 0.976 bits per heavy atom. The fraction of sp³-hybridized carbons (Fsp3) is 0.367. The summed E-state index contributed by atoms with van der Waals surface area (Å²) in [5.41, 5.74) is 8.85. The van der Waals surface area contributed by atoms with E-state index in [1.807, 2.05) is 29.2 Å². The number of benzene rings is 2. The van der Waals surface area contributed by atoms with Gasteiger partial charge in [-0.05, 0) is 55.1 Å². The SMILES string of the molecule is CCN(CC)CC(=O)N1CCN(c2ccc(Nc3cc(NCc4cc(F)cc(F)c4)c(CC(N)=O)cn3)cc2)CC1. The third kappa shape index (κ3) is 8.37. The zero-order valence-electron chi connectivity index (χ0n) is 23.5. The van der Waals surface area contributed by atoms with Crippen LogP contribution in [0.25, 0.3) is 0 Å². The monoisotopic (exact) mass is 565 g/mol. The number of nitrogens with two attached hydrogens (primary N) is 1.